The molecule has 0 N–H and O–H groups in total. The van der Waals surface area contributed by atoms with E-state index >= 15 is 0 Å². The van der Waals surface area contributed by atoms with Crippen LogP contribution in [0.15, 0.2) is 140 Å². The predicted molar refractivity (Wildman–Crippen MR) is 181 cm³/mol. The number of fused-ring (bicyclic) bond motifs is 3. The van der Waals surface area contributed by atoms with E-state index in [9.17, 15) is 8.78 Å². The summed E-state index contributed by atoms with van der Waals surface area (Å²) in [5, 5.41) is 2.21. The third-order valence-electron chi connectivity index (χ3n) is 8.26. The van der Waals surface area contributed by atoms with Gasteiger partial charge in [0.25, 0.3) is 0 Å². The lowest BCUT2D eigenvalue weighted by molar-refractivity contribution is 0.509. The van der Waals surface area contributed by atoms with Gasteiger partial charge in [-0.2, -0.15) is 0 Å². The number of benzene rings is 6. The highest BCUT2D eigenvalue weighted by molar-refractivity contribution is 6.10. The Hall–Kier alpha value is -6.01. The minimum Gasteiger partial charge on any atom is -0.308 e. The van der Waals surface area contributed by atoms with E-state index in [0.717, 1.165) is 61.4 Å². The summed E-state index contributed by atoms with van der Waals surface area (Å²) in [6.45, 7) is 2.07. The van der Waals surface area contributed by atoms with Crippen molar-refractivity contribution in [2.75, 3.05) is 0 Å². The zero-order valence-corrected chi connectivity index (χ0v) is 24.8. The van der Waals surface area contributed by atoms with Crippen LogP contribution < -0.4 is 0 Å². The molecule has 46 heavy (non-hydrogen) atoms. The molecule has 0 unspecified atom stereocenters. The van der Waals surface area contributed by atoms with E-state index in [1.807, 2.05) is 91.0 Å². The molecule has 2 aromatic heterocycles. The number of nitrogens with zero attached hydrogens (tertiary/aromatic N) is 4. The van der Waals surface area contributed by atoms with Crippen molar-refractivity contribution in [1.29, 1.82) is 0 Å². The van der Waals surface area contributed by atoms with E-state index < -0.39 is 11.6 Å². The van der Waals surface area contributed by atoms with E-state index in [1.54, 1.807) is 6.07 Å². The van der Waals surface area contributed by atoms with Crippen molar-refractivity contribution >= 4 is 21.8 Å². The van der Waals surface area contributed by atoms with Gasteiger partial charge in [-0.05, 0) is 60.0 Å². The highest BCUT2D eigenvalue weighted by Gasteiger charge is 2.20. The molecule has 0 spiro atoms. The molecule has 0 atom stereocenters. The van der Waals surface area contributed by atoms with Gasteiger partial charge in [0.2, 0.25) is 0 Å². The first-order chi connectivity index (χ1) is 22.5. The molecule has 220 valence electrons. The Morgan fingerprint density at radius 1 is 0.457 bits per heavy atom. The van der Waals surface area contributed by atoms with Gasteiger partial charge < -0.3 is 4.57 Å². The Morgan fingerprint density at radius 3 is 1.74 bits per heavy atom. The molecule has 0 amide bonds. The van der Waals surface area contributed by atoms with Gasteiger partial charge in [-0.25, -0.2) is 23.7 Å². The van der Waals surface area contributed by atoms with Crippen molar-refractivity contribution in [3.63, 3.8) is 0 Å². The molecule has 8 aromatic rings. The molecule has 8 rings (SSSR count). The normalized spacial score (nSPS) is 11.4. The second kappa shape index (κ2) is 11.2. The van der Waals surface area contributed by atoms with Crippen LogP contribution in [0.1, 0.15) is 5.56 Å². The molecular weight excluding hydrogens is 574 g/mol. The standard InChI is InChI=1S/C40H26F2N4/c1-25-16-19-31-30-14-8-9-15-35(30)46(36(31)22-25)37-24-29(28-18-21-33(41)34(42)23-28)17-20-32(37)40-44-38(26-10-4-2-5-11-26)43-39(45-40)27-12-6-3-7-13-27/h2-24H,1H3. The highest BCUT2D eigenvalue weighted by atomic mass is 19.2. The molecule has 0 bridgehead atoms. The summed E-state index contributed by atoms with van der Waals surface area (Å²) in [6.07, 6.45) is 0. The first-order valence-corrected chi connectivity index (χ1v) is 15.0. The van der Waals surface area contributed by atoms with E-state index in [4.69, 9.17) is 15.0 Å². The van der Waals surface area contributed by atoms with E-state index in [1.165, 1.54) is 6.07 Å². The summed E-state index contributed by atoms with van der Waals surface area (Å²) in [4.78, 5) is 14.9. The molecule has 0 radical (unpaired) electrons. The number of halogens is 2. The number of hydrogen-bond acceptors (Lipinski definition) is 3. The summed E-state index contributed by atoms with van der Waals surface area (Å²) in [5.74, 6) is -0.173. The minimum absolute atomic E-state index is 0.498. The van der Waals surface area contributed by atoms with Crippen molar-refractivity contribution in [2.45, 2.75) is 6.92 Å². The maximum Gasteiger partial charge on any atom is 0.166 e. The fourth-order valence-corrected chi connectivity index (χ4v) is 6.03. The highest BCUT2D eigenvalue weighted by Crippen LogP contribution is 2.38. The summed E-state index contributed by atoms with van der Waals surface area (Å²) >= 11 is 0. The monoisotopic (exact) mass is 600 g/mol. The minimum atomic E-state index is -0.895. The lowest BCUT2D eigenvalue weighted by atomic mass is 10.0. The van der Waals surface area contributed by atoms with Gasteiger partial charge in [0.1, 0.15) is 0 Å². The van der Waals surface area contributed by atoms with Crippen LogP contribution in [-0.4, -0.2) is 19.5 Å². The first-order valence-electron chi connectivity index (χ1n) is 15.0. The van der Waals surface area contributed by atoms with Crippen LogP contribution >= 0.6 is 0 Å². The average Bonchev–Trinajstić information content (AvgIpc) is 3.43. The fourth-order valence-electron chi connectivity index (χ4n) is 6.03. The summed E-state index contributed by atoms with van der Waals surface area (Å²) in [7, 11) is 0. The van der Waals surface area contributed by atoms with Gasteiger partial charge in [0.05, 0.1) is 16.7 Å². The van der Waals surface area contributed by atoms with Crippen LogP contribution in [0.5, 0.6) is 0 Å². The van der Waals surface area contributed by atoms with Crippen LogP contribution in [-0.2, 0) is 0 Å². The predicted octanol–water partition coefficient (Wildman–Crippen LogP) is 10.2. The molecule has 0 aliphatic heterocycles. The molecule has 2 heterocycles. The van der Waals surface area contributed by atoms with Gasteiger partial charge in [-0.1, -0.05) is 103 Å². The maximum absolute atomic E-state index is 14.4. The van der Waals surface area contributed by atoms with Gasteiger partial charge in [-0.15, -0.1) is 0 Å². The molecule has 0 aliphatic rings. The Labute approximate surface area is 264 Å². The smallest absolute Gasteiger partial charge is 0.166 e. The van der Waals surface area contributed by atoms with Gasteiger partial charge in [-0.3, -0.25) is 0 Å². The summed E-state index contributed by atoms with van der Waals surface area (Å²) in [5.41, 5.74) is 7.76. The van der Waals surface area contributed by atoms with Crippen LogP contribution in [0.2, 0.25) is 0 Å². The Bertz CT molecular complexity index is 2340. The number of hydrogen-bond donors (Lipinski definition) is 0. The topological polar surface area (TPSA) is 43.6 Å². The molecule has 0 aliphatic carbocycles. The van der Waals surface area contributed by atoms with E-state index in [2.05, 4.69) is 41.8 Å². The third kappa shape index (κ3) is 4.81. The second-order valence-electron chi connectivity index (χ2n) is 11.3. The van der Waals surface area contributed by atoms with Gasteiger partial charge >= 0.3 is 0 Å². The Morgan fingerprint density at radius 2 is 1.04 bits per heavy atom. The lowest BCUT2D eigenvalue weighted by Gasteiger charge is -2.16. The average molecular weight is 601 g/mol. The molecule has 0 saturated heterocycles. The molecular formula is C40H26F2N4. The molecule has 6 aromatic carbocycles. The van der Waals surface area contributed by atoms with Crippen LogP contribution in [0.25, 0.3) is 72.8 Å². The molecule has 4 nitrogen and oxygen atoms in total. The summed E-state index contributed by atoms with van der Waals surface area (Å²) in [6, 6.07) is 44.2. The number of rotatable bonds is 5. The number of aromatic nitrogens is 4. The number of aryl methyl sites for hydroxylation is 1. The van der Waals surface area contributed by atoms with Crippen LogP contribution in [0.4, 0.5) is 8.78 Å². The Balaban J connectivity index is 1.46. The Kier molecular flexibility index (Phi) is 6.68. The molecule has 6 heteroatoms. The van der Waals surface area contributed by atoms with E-state index in [-0.39, 0.29) is 0 Å². The van der Waals surface area contributed by atoms with Crippen LogP contribution in [0.3, 0.4) is 0 Å². The molecule has 0 fully saturated rings. The van der Waals surface area contributed by atoms with Crippen molar-refractivity contribution in [3.8, 4) is 51.0 Å². The van der Waals surface area contributed by atoms with Crippen molar-refractivity contribution in [1.82, 2.24) is 19.5 Å². The second-order valence-corrected chi connectivity index (χ2v) is 11.3. The first kappa shape index (κ1) is 27.5. The third-order valence-corrected chi connectivity index (χ3v) is 8.26. The maximum atomic E-state index is 14.4. The van der Waals surface area contributed by atoms with Crippen LogP contribution in [0, 0.1) is 18.6 Å². The quantitative estimate of drug-likeness (QED) is 0.197. The van der Waals surface area contributed by atoms with Gasteiger partial charge in [0.15, 0.2) is 29.1 Å². The van der Waals surface area contributed by atoms with Crippen molar-refractivity contribution < 1.29 is 8.78 Å². The fraction of sp³-hybridized carbons (Fsp3) is 0.0250. The van der Waals surface area contributed by atoms with Gasteiger partial charge in [0, 0.05) is 27.5 Å². The van der Waals surface area contributed by atoms with E-state index in [0.29, 0.717) is 23.0 Å². The summed E-state index contributed by atoms with van der Waals surface area (Å²) < 4.78 is 30.6. The lowest BCUT2D eigenvalue weighted by Crippen LogP contribution is -2.04. The van der Waals surface area contributed by atoms with Crippen molar-refractivity contribution in [3.05, 3.63) is 157 Å². The largest absolute Gasteiger partial charge is 0.308 e. The molecule has 0 saturated carbocycles. The number of para-hydroxylation sites is 1. The SMILES string of the molecule is Cc1ccc2c3ccccc3n(-c3cc(-c4ccc(F)c(F)c4)ccc3-c3nc(-c4ccccc4)nc(-c4ccccc4)n3)c2c1. The zero-order valence-electron chi connectivity index (χ0n) is 24.8. The zero-order chi connectivity index (χ0) is 31.2. The van der Waals surface area contributed by atoms with Crippen molar-refractivity contribution in [2.24, 2.45) is 0 Å².